The van der Waals surface area contributed by atoms with Crippen LogP contribution in [0.1, 0.15) is 31.9 Å². The molecular weight excluding hydrogens is 258 g/mol. The number of ether oxygens (including phenoxy) is 2. The Hall–Kier alpha value is -1.69. The number of nitrogens with zero attached hydrogens (tertiary/aromatic N) is 3. The fraction of sp³-hybridized carbons (Fsp3) is 0.643. The summed E-state index contributed by atoms with van der Waals surface area (Å²) in [6.07, 6.45) is 1.88. The van der Waals surface area contributed by atoms with Gasteiger partial charge in [-0.3, -0.25) is 4.79 Å². The maximum Gasteiger partial charge on any atom is 0.307 e. The summed E-state index contributed by atoms with van der Waals surface area (Å²) in [6, 6.07) is 1.96. The molecule has 0 aliphatic rings. The van der Waals surface area contributed by atoms with Crippen molar-refractivity contribution in [3.8, 4) is 0 Å². The van der Waals surface area contributed by atoms with Crippen molar-refractivity contribution in [3.05, 3.63) is 18.1 Å². The Morgan fingerprint density at radius 1 is 1.30 bits per heavy atom. The van der Waals surface area contributed by atoms with Gasteiger partial charge < -0.3 is 14.4 Å². The number of carbonyl (C=O) groups excluding carboxylic acids is 1. The minimum absolute atomic E-state index is 0.231. The number of aromatic nitrogens is 2. The van der Waals surface area contributed by atoms with E-state index in [1.54, 1.807) is 13.4 Å². The van der Waals surface area contributed by atoms with Gasteiger partial charge in [-0.1, -0.05) is 13.8 Å². The molecule has 6 heteroatoms. The van der Waals surface area contributed by atoms with E-state index in [2.05, 4.69) is 28.6 Å². The molecule has 0 aliphatic carbocycles. The van der Waals surface area contributed by atoms with Crippen molar-refractivity contribution in [1.82, 2.24) is 9.97 Å². The molecule has 0 spiro atoms. The van der Waals surface area contributed by atoms with Gasteiger partial charge in [0, 0.05) is 32.0 Å². The molecule has 20 heavy (non-hydrogen) atoms. The Morgan fingerprint density at radius 2 is 2.05 bits per heavy atom. The molecule has 1 aromatic rings. The zero-order valence-electron chi connectivity index (χ0n) is 12.6. The molecule has 1 heterocycles. The van der Waals surface area contributed by atoms with Gasteiger partial charge in [0.1, 0.15) is 12.1 Å². The van der Waals surface area contributed by atoms with Gasteiger partial charge in [0.05, 0.1) is 20.1 Å². The van der Waals surface area contributed by atoms with Gasteiger partial charge in [-0.15, -0.1) is 0 Å². The lowest BCUT2D eigenvalue weighted by molar-refractivity contribution is -0.140. The summed E-state index contributed by atoms with van der Waals surface area (Å²) in [5, 5.41) is 0. The number of esters is 1. The molecule has 0 fully saturated rings. The third-order valence-electron chi connectivity index (χ3n) is 2.97. The van der Waals surface area contributed by atoms with E-state index < -0.39 is 0 Å². The van der Waals surface area contributed by atoms with Gasteiger partial charge >= 0.3 is 5.97 Å². The second-order valence-electron chi connectivity index (χ2n) is 4.76. The smallest absolute Gasteiger partial charge is 0.307 e. The van der Waals surface area contributed by atoms with Gasteiger partial charge in [0.2, 0.25) is 0 Å². The highest BCUT2D eigenvalue weighted by molar-refractivity contribution is 5.69. The molecule has 0 aromatic carbocycles. The molecular formula is C14H23N3O3. The third-order valence-corrected chi connectivity index (χ3v) is 2.97. The summed E-state index contributed by atoms with van der Waals surface area (Å²) < 4.78 is 9.78. The van der Waals surface area contributed by atoms with Crippen LogP contribution >= 0.6 is 0 Å². The van der Waals surface area contributed by atoms with Crippen LogP contribution in [0.2, 0.25) is 0 Å². The molecule has 0 atom stereocenters. The molecule has 0 unspecified atom stereocenters. The van der Waals surface area contributed by atoms with Crippen LogP contribution in [0.4, 0.5) is 5.82 Å². The average Bonchev–Trinajstić information content (AvgIpc) is 2.47. The number of rotatable bonds is 8. The summed E-state index contributed by atoms with van der Waals surface area (Å²) in [5.41, 5.74) is 0.982. The monoisotopic (exact) mass is 281 g/mol. The molecule has 0 N–H and O–H groups in total. The molecule has 6 nitrogen and oxygen atoms in total. The van der Waals surface area contributed by atoms with Crippen LogP contribution in [-0.2, 0) is 14.3 Å². The van der Waals surface area contributed by atoms with E-state index >= 15 is 0 Å². The summed E-state index contributed by atoms with van der Waals surface area (Å²) in [5.74, 6) is 0.914. The molecule has 0 radical (unpaired) electrons. The predicted molar refractivity (Wildman–Crippen MR) is 76.8 cm³/mol. The standard InChI is InChI=1S/C14H23N3O3/c1-11(2)12-9-13(16-10-15-12)17(7-8-19-3)6-5-14(18)20-4/h9-11H,5-8H2,1-4H3. The fourth-order valence-corrected chi connectivity index (χ4v) is 1.72. The molecule has 0 bridgehead atoms. The van der Waals surface area contributed by atoms with Crippen LogP contribution in [0.5, 0.6) is 0 Å². The highest BCUT2D eigenvalue weighted by atomic mass is 16.5. The second kappa shape index (κ2) is 8.47. The first-order valence-corrected chi connectivity index (χ1v) is 6.71. The molecule has 0 aliphatic heterocycles. The SMILES string of the molecule is COCCN(CCC(=O)OC)c1cc(C(C)C)ncn1. The first-order chi connectivity index (χ1) is 9.58. The quantitative estimate of drug-likeness (QED) is 0.675. The summed E-state index contributed by atoms with van der Waals surface area (Å²) >= 11 is 0. The van der Waals surface area contributed by atoms with Gasteiger partial charge in [0.15, 0.2) is 0 Å². The number of anilines is 1. The molecule has 0 saturated carbocycles. The van der Waals surface area contributed by atoms with Crippen molar-refractivity contribution >= 4 is 11.8 Å². The Labute approximate surface area is 120 Å². The van der Waals surface area contributed by atoms with Crippen molar-refractivity contribution in [2.75, 3.05) is 38.8 Å². The van der Waals surface area contributed by atoms with Gasteiger partial charge in [0.25, 0.3) is 0 Å². The lowest BCUT2D eigenvalue weighted by atomic mass is 10.1. The van der Waals surface area contributed by atoms with Gasteiger partial charge in [-0.2, -0.15) is 0 Å². The molecule has 0 amide bonds. The van der Waals surface area contributed by atoms with Crippen LogP contribution in [0.3, 0.4) is 0 Å². The molecule has 1 aromatic heterocycles. The average molecular weight is 281 g/mol. The zero-order chi connectivity index (χ0) is 15.0. The lowest BCUT2D eigenvalue weighted by Gasteiger charge is -2.23. The van der Waals surface area contributed by atoms with Crippen molar-refractivity contribution in [1.29, 1.82) is 0 Å². The molecule has 1 rings (SSSR count). The van der Waals surface area contributed by atoms with Crippen molar-refractivity contribution in [2.45, 2.75) is 26.2 Å². The largest absolute Gasteiger partial charge is 0.469 e. The zero-order valence-corrected chi connectivity index (χ0v) is 12.6. The van der Waals surface area contributed by atoms with E-state index in [9.17, 15) is 4.79 Å². The number of methoxy groups -OCH3 is 2. The van der Waals surface area contributed by atoms with Crippen molar-refractivity contribution in [3.63, 3.8) is 0 Å². The summed E-state index contributed by atoms with van der Waals surface area (Å²) in [7, 11) is 3.04. The van der Waals surface area contributed by atoms with E-state index in [0.29, 0.717) is 32.0 Å². The van der Waals surface area contributed by atoms with Gasteiger partial charge in [-0.25, -0.2) is 9.97 Å². The predicted octanol–water partition coefficient (Wildman–Crippen LogP) is 1.62. The minimum Gasteiger partial charge on any atom is -0.469 e. The van der Waals surface area contributed by atoms with E-state index in [1.807, 2.05) is 11.0 Å². The highest BCUT2D eigenvalue weighted by Crippen LogP contribution is 2.17. The Balaban J connectivity index is 2.80. The minimum atomic E-state index is -0.231. The number of hydrogen-bond donors (Lipinski definition) is 0. The number of carbonyl (C=O) groups is 1. The van der Waals surface area contributed by atoms with Gasteiger partial charge in [-0.05, 0) is 5.92 Å². The van der Waals surface area contributed by atoms with Crippen LogP contribution in [0.15, 0.2) is 12.4 Å². The first-order valence-electron chi connectivity index (χ1n) is 6.71. The first kappa shape index (κ1) is 16.4. The van der Waals surface area contributed by atoms with Crippen LogP contribution < -0.4 is 4.90 Å². The lowest BCUT2D eigenvalue weighted by Crippen LogP contribution is -2.30. The van der Waals surface area contributed by atoms with Crippen LogP contribution in [-0.4, -0.2) is 49.9 Å². The molecule has 0 saturated heterocycles. The highest BCUT2D eigenvalue weighted by Gasteiger charge is 2.12. The Bertz CT molecular complexity index is 424. The van der Waals surface area contributed by atoms with E-state index in [1.165, 1.54) is 7.11 Å². The molecule has 112 valence electrons. The van der Waals surface area contributed by atoms with Crippen LogP contribution in [0, 0.1) is 0 Å². The fourth-order valence-electron chi connectivity index (χ4n) is 1.72. The number of hydrogen-bond acceptors (Lipinski definition) is 6. The second-order valence-corrected chi connectivity index (χ2v) is 4.76. The Morgan fingerprint density at radius 3 is 2.65 bits per heavy atom. The van der Waals surface area contributed by atoms with E-state index in [-0.39, 0.29) is 5.97 Å². The summed E-state index contributed by atoms with van der Waals surface area (Å²) in [4.78, 5) is 21.8. The van der Waals surface area contributed by atoms with E-state index in [4.69, 9.17) is 4.74 Å². The topological polar surface area (TPSA) is 64.5 Å². The van der Waals surface area contributed by atoms with Crippen molar-refractivity contribution < 1.29 is 14.3 Å². The normalized spacial score (nSPS) is 10.7. The maximum absolute atomic E-state index is 11.3. The Kier molecular flexibility index (Phi) is 6.93. The maximum atomic E-state index is 11.3. The third kappa shape index (κ3) is 5.13. The van der Waals surface area contributed by atoms with E-state index in [0.717, 1.165) is 11.5 Å². The van der Waals surface area contributed by atoms with Crippen LogP contribution in [0.25, 0.3) is 0 Å². The summed E-state index contributed by atoms with van der Waals surface area (Å²) in [6.45, 7) is 5.95. The van der Waals surface area contributed by atoms with Crippen molar-refractivity contribution in [2.24, 2.45) is 0 Å².